The van der Waals surface area contributed by atoms with Gasteiger partial charge in [-0.1, -0.05) is 13.8 Å². The van der Waals surface area contributed by atoms with Crippen LogP contribution in [0.2, 0.25) is 0 Å². The van der Waals surface area contributed by atoms with Crippen molar-refractivity contribution in [1.29, 1.82) is 0 Å². The topological polar surface area (TPSA) is 64.5 Å². The largest absolute Gasteiger partial charge is 0.395 e. The zero-order chi connectivity index (χ0) is 11.9. The molecular weight excluding hydrogens is 192 g/mol. The summed E-state index contributed by atoms with van der Waals surface area (Å²) in [6, 6.07) is 0.277. The van der Waals surface area contributed by atoms with Crippen LogP contribution in [0, 0.1) is 5.41 Å². The predicted molar refractivity (Wildman–Crippen MR) is 62.9 cm³/mol. The van der Waals surface area contributed by atoms with E-state index >= 15 is 0 Å². The van der Waals surface area contributed by atoms with Crippen LogP contribution in [0.15, 0.2) is 0 Å². The van der Waals surface area contributed by atoms with Gasteiger partial charge in [-0.2, -0.15) is 0 Å². The molecule has 0 heterocycles. The molecular formula is C11H26N2O2. The fourth-order valence-corrected chi connectivity index (χ4v) is 1.09. The van der Waals surface area contributed by atoms with Gasteiger partial charge < -0.3 is 20.8 Å². The van der Waals surface area contributed by atoms with E-state index in [1.807, 2.05) is 13.8 Å². The third kappa shape index (κ3) is 7.73. The van der Waals surface area contributed by atoms with E-state index in [-0.39, 0.29) is 30.7 Å². The second-order valence-electron chi connectivity index (χ2n) is 5.09. The number of aliphatic hydroxyl groups is 2. The normalized spacial score (nSPS) is 16.4. The van der Waals surface area contributed by atoms with Crippen molar-refractivity contribution >= 4 is 0 Å². The third-order valence-corrected chi connectivity index (χ3v) is 2.41. The molecule has 0 fully saturated rings. The van der Waals surface area contributed by atoms with Crippen LogP contribution in [-0.4, -0.2) is 48.6 Å². The van der Waals surface area contributed by atoms with Gasteiger partial charge in [0.2, 0.25) is 0 Å². The maximum Gasteiger partial charge on any atom is 0.0581 e. The summed E-state index contributed by atoms with van der Waals surface area (Å²) in [7, 11) is 0. The van der Waals surface area contributed by atoms with Crippen molar-refractivity contribution in [3.63, 3.8) is 0 Å². The summed E-state index contributed by atoms with van der Waals surface area (Å²) < 4.78 is 0. The molecule has 4 nitrogen and oxygen atoms in total. The van der Waals surface area contributed by atoms with Gasteiger partial charge in [0, 0.05) is 25.2 Å². The molecule has 0 radical (unpaired) electrons. The second kappa shape index (κ2) is 7.17. The molecule has 4 N–H and O–H groups in total. The van der Waals surface area contributed by atoms with Gasteiger partial charge in [-0.3, -0.25) is 0 Å². The van der Waals surface area contributed by atoms with E-state index in [0.717, 1.165) is 13.1 Å². The first kappa shape index (κ1) is 14.8. The maximum atomic E-state index is 8.88. The summed E-state index contributed by atoms with van der Waals surface area (Å²) in [4.78, 5) is 0. The fraction of sp³-hybridized carbons (Fsp3) is 1.00. The first-order chi connectivity index (χ1) is 6.91. The first-order valence-corrected chi connectivity index (χ1v) is 5.60. The van der Waals surface area contributed by atoms with Gasteiger partial charge in [-0.15, -0.1) is 0 Å². The number of hydrogen-bond donors (Lipinski definition) is 4. The standard InChI is InChI=1S/C11H26N2O2/c1-9(5-14)12-7-11(3,4)8-13-10(2)6-15/h9-10,12-15H,5-8H2,1-4H3/t9-,10-/m1/s1. The lowest BCUT2D eigenvalue weighted by molar-refractivity contribution is 0.212. The van der Waals surface area contributed by atoms with Crippen molar-refractivity contribution in [2.45, 2.75) is 39.8 Å². The van der Waals surface area contributed by atoms with Gasteiger partial charge in [-0.25, -0.2) is 0 Å². The molecule has 0 aliphatic rings. The lowest BCUT2D eigenvalue weighted by Crippen LogP contribution is -2.44. The Balaban J connectivity index is 3.75. The Kier molecular flexibility index (Phi) is 7.09. The van der Waals surface area contributed by atoms with Crippen molar-refractivity contribution < 1.29 is 10.2 Å². The van der Waals surface area contributed by atoms with Crippen molar-refractivity contribution in [2.24, 2.45) is 5.41 Å². The third-order valence-electron chi connectivity index (χ3n) is 2.41. The SMILES string of the molecule is C[C@H](CO)NCC(C)(C)CN[C@H](C)CO. The highest BCUT2D eigenvalue weighted by molar-refractivity contribution is 4.77. The molecule has 0 spiro atoms. The van der Waals surface area contributed by atoms with E-state index < -0.39 is 0 Å². The summed E-state index contributed by atoms with van der Waals surface area (Å²) >= 11 is 0. The average molecular weight is 218 g/mol. The highest BCUT2D eigenvalue weighted by Crippen LogP contribution is 2.12. The Morgan fingerprint density at radius 2 is 1.27 bits per heavy atom. The Bertz CT molecular complexity index is 147. The molecule has 2 atom stereocenters. The van der Waals surface area contributed by atoms with E-state index in [4.69, 9.17) is 10.2 Å². The van der Waals surface area contributed by atoms with E-state index in [2.05, 4.69) is 24.5 Å². The molecule has 0 aromatic carbocycles. The molecule has 92 valence electrons. The summed E-state index contributed by atoms with van der Waals surface area (Å²) in [5, 5.41) is 24.3. The summed E-state index contributed by atoms with van der Waals surface area (Å²) in [5.74, 6) is 0. The van der Waals surface area contributed by atoms with Crippen molar-refractivity contribution in [3.8, 4) is 0 Å². The first-order valence-electron chi connectivity index (χ1n) is 5.60. The van der Waals surface area contributed by atoms with Gasteiger partial charge in [0.05, 0.1) is 13.2 Å². The quantitative estimate of drug-likeness (QED) is 0.461. The van der Waals surface area contributed by atoms with Crippen LogP contribution in [0.1, 0.15) is 27.7 Å². The van der Waals surface area contributed by atoms with E-state index in [1.165, 1.54) is 0 Å². The minimum Gasteiger partial charge on any atom is -0.395 e. The Morgan fingerprint density at radius 1 is 0.933 bits per heavy atom. The molecule has 0 unspecified atom stereocenters. The molecule has 15 heavy (non-hydrogen) atoms. The van der Waals surface area contributed by atoms with Crippen molar-refractivity contribution in [3.05, 3.63) is 0 Å². The Hall–Kier alpha value is -0.160. The lowest BCUT2D eigenvalue weighted by Gasteiger charge is -2.28. The maximum absolute atomic E-state index is 8.88. The van der Waals surface area contributed by atoms with Gasteiger partial charge in [-0.05, 0) is 19.3 Å². The van der Waals surface area contributed by atoms with Gasteiger partial charge in [0.15, 0.2) is 0 Å². The number of rotatable bonds is 8. The lowest BCUT2D eigenvalue weighted by atomic mass is 9.93. The van der Waals surface area contributed by atoms with Crippen LogP contribution in [0.25, 0.3) is 0 Å². The summed E-state index contributed by atoms with van der Waals surface area (Å²) in [6.45, 7) is 10.2. The summed E-state index contributed by atoms with van der Waals surface area (Å²) in [5.41, 5.74) is 0.118. The van der Waals surface area contributed by atoms with Crippen molar-refractivity contribution in [1.82, 2.24) is 10.6 Å². The average Bonchev–Trinajstić information content (AvgIpc) is 2.22. The molecule has 0 bridgehead atoms. The smallest absolute Gasteiger partial charge is 0.0581 e. The minimum absolute atomic E-state index is 0.118. The second-order valence-corrected chi connectivity index (χ2v) is 5.09. The predicted octanol–water partition coefficient (Wildman–Crippen LogP) is -0.0466. The molecule has 0 rings (SSSR count). The van der Waals surface area contributed by atoms with Gasteiger partial charge in [0.1, 0.15) is 0 Å². The van der Waals surface area contributed by atoms with Gasteiger partial charge >= 0.3 is 0 Å². The van der Waals surface area contributed by atoms with Crippen molar-refractivity contribution in [2.75, 3.05) is 26.3 Å². The molecule has 0 saturated heterocycles. The van der Waals surface area contributed by atoms with Crippen LogP contribution in [0.4, 0.5) is 0 Å². The van der Waals surface area contributed by atoms with Gasteiger partial charge in [0.25, 0.3) is 0 Å². The molecule has 0 amide bonds. The molecule has 0 aromatic heterocycles. The van der Waals surface area contributed by atoms with Crippen LogP contribution in [-0.2, 0) is 0 Å². The van der Waals surface area contributed by atoms with E-state index in [0.29, 0.717) is 0 Å². The number of nitrogens with one attached hydrogen (secondary N) is 2. The van der Waals surface area contributed by atoms with Crippen LogP contribution >= 0.6 is 0 Å². The van der Waals surface area contributed by atoms with Crippen LogP contribution in [0.5, 0.6) is 0 Å². The fourth-order valence-electron chi connectivity index (χ4n) is 1.09. The van der Waals surface area contributed by atoms with E-state index in [1.54, 1.807) is 0 Å². The van der Waals surface area contributed by atoms with Crippen LogP contribution < -0.4 is 10.6 Å². The minimum atomic E-state index is 0.118. The number of aliphatic hydroxyl groups excluding tert-OH is 2. The molecule has 0 aromatic rings. The number of hydrogen-bond acceptors (Lipinski definition) is 4. The zero-order valence-electron chi connectivity index (χ0n) is 10.4. The summed E-state index contributed by atoms with van der Waals surface area (Å²) in [6.07, 6.45) is 0. The highest BCUT2D eigenvalue weighted by atomic mass is 16.3. The Morgan fingerprint density at radius 3 is 1.53 bits per heavy atom. The molecule has 4 heteroatoms. The Labute approximate surface area is 93.1 Å². The van der Waals surface area contributed by atoms with E-state index in [9.17, 15) is 0 Å². The molecule has 0 aliphatic heterocycles. The molecule has 0 saturated carbocycles. The zero-order valence-corrected chi connectivity index (χ0v) is 10.4. The molecule has 0 aliphatic carbocycles. The highest BCUT2D eigenvalue weighted by Gasteiger charge is 2.18. The monoisotopic (exact) mass is 218 g/mol. The van der Waals surface area contributed by atoms with Crippen LogP contribution in [0.3, 0.4) is 0 Å².